The number of methoxy groups -OCH3 is 1. The monoisotopic (exact) mass is 344 g/mol. The number of nitrogens with one attached hydrogen (secondary N) is 1. The molecule has 3 rings (SSSR count). The largest absolute Gasteiger partial charge is 0.497 e. The van der Waals surface area contributed by atoms with Gasteiger partial charge in [0.15, 0.2) is 0 Å². The van der Waals surface area contributed by atoms with E-state index in [9.17, 15) is 9.59 Å². The summed E-state index contributed by atoms with van der Waals surface area (Å²) in [7, 11) is 1.58. The summed E-state index contributed by atoms with van der Waals surface area (Å²) in [6.45, 7) is 1.91. The van der Waals surface area contributed by atoms with Gasteiger partial charge in [0.25, 0.3) is 5.91 Å². The quantitative estimate of drug-likeness (QED) is 0.866. The normalized spacial score (nSPS) is 20.2. The van der Waals surface area contributed by atoms with E-state index < -0.39 is 11.6 Å². The Bertz CT molecular complexity index is 774. The van der Waals surface area contributed by atoms with E-state index in [2.05, 4.69) is 5.32 Å². The lowest BCUT2D eigenvalue weighted by Crippen LogP contribution is -2.40. The highest BCUT2D eigenvalue weighted by atomic mass is 35.5. The van der Waals surface area contributed by atoms with Crippen molar-refractivity contribution in [1.29, 1.82) is 0 Å². The number of urea groups is 1. The number of carbonyl (C=O) groups excluding carboxylic acids is 2. The van der Waals surface area contributed by atoms with E-state index >= 15 is 0 Å². The number of nitrogens with zero attached hydrogens (tertiary/aromatic N) is 1. The molecule has 1 aliphatic rings. The van der Waals surface area contributed by atoms with Gasteiger partial charge in [0.05, 0.1) is 13.7 Å². The van der Waals surface area contributed by atoms with Crippen LogP contribution in [0.4, 0.5) is 4.79 Å². The first-order valence-electron chi connectivity index (χ1n) is 7.47. The van der Waals surface area contributed by atoms with Crippen LogP contribution in [0, 0.1) is 0 Å². The van der Waals surface area contributed by atoms with Crippen LogP contribution in [0.5, 0.6) is 5.75 Å². The Morgan fingerprint density at radius 2 is 1.71 bits per heavy atom. The number of ether oxygens (including phenoxy) is 1. The van der Waals surface area contributed by atoms with E-state index in [0.717, 1.165) is 5.56 Å². The molecular weight excluding hydrogens is 328 g/mol. The first-order valence-corrected chi connectivity index (χ1v) is 7.85. The highest BCUT2D eigenvalue weighted by Gasteiger charge is 2.48. The molecule has 124 valence electrons. The molecule has 0 aliphatic carbocycles. The summed E-state index contributed by atoms with van der Waals surface area (Å²) in [5.41, 5.74) is 0.456. The van der Waals surface area contributed by atoms with Crippen molar-refractivity contribution in [2.75, 3.05) is 7.11 Å². The van der Waals surface area contributed by atoms with E-state index in [0.29, 0.717) is 16.3 Å². The number of imide groups is 1. The van der Waals surface area contributed by atoms with Crippen LogP contribution in [0.3, 0.4) is 0 Å². The second kappa shape index (κ2) is 6.17. The SMILES string of the molecule is COc1ccc(C2(C)NC(=O)N(Cc3ccc(Cl)cc3)C2=O)cc1. The molecule has 1 unspecified atom stereocenters. The Hall–Kier alpha value is -2.53. The molecule has 1 heterocycles. The van der Waals surface area contributed by atoms with E-state index in [1.165, 1.54) is 4.90 Å². The molecule has 0 saturated carbocycles. The van der Waals surface area contributed by atoms with Gasteiger partial charge in [0, 0.05) is 5.02 Å². The second-order valence-corrected chi connectivity index (χ2v) is 6.24. The van der Waals surface area contributed by atoms with Crippen molar-refractivity contribution in [3.05, 3.63) is 64.7 Å². The van der Waals surface area contributed by atoms with Crippen LogP contribution in [0.15, 0.2) is 48.5 Å². The average molecular weight is 345 g/mol. The smallest absolute Gasteiger partial charge is 0.325 e. The minimum Gasteiger partial charge on any atom is -0.497 e. The summed E-state index contributed by atoms with van der Waals surface area (Å²) in [6.07, 6.45) is 0. The van der Waals surface area contributed by atoms with Crippen LogP contribution in [-0.4, -0.2) is 23.9 Å². The van der Waals surface area contributed by atoms with Gasteiger partial charge in [-0.25, -0.2) is 4.79 Å². The molecular formula is C18H17ClN2O3. The minimum absolute atomic E-state index is 0.202. The summed E-state index contributed by atoms with van der Waals surface area (Å²) in [5, 5.41) is 3.40. The maximum absolute atomic E-state index is 12.8. The van der Waals surface area contributed by atoms with Gasteiger partial charge in [0.1, 0.15) is 11.3 Å². The van der Waals surface area contributed by atoms with Gasteiger partial charge in [-0.05, 0) is 42.3 Å². The van der Waals surface area contributed by atoms with Gasteiger partial charge in [-0.1, -0.05) is 35.9 Å². The predicted molar refractivity (Wildman–Crippen MR) is 90.9 cm³/mol. The molecule has 3 amide bonds. The zero-order chi connectivity index (χ0) is 17.3. The highest BCUT2D eigenvalue weighted by molar-refractivity contribution is 6.30. The van der Waals surface area contributed by atoms with Crippen molar-refractivity contribution in [2.24, 2.45) is 0 Å². The molecule has 1 atom stereocenters. The third-order valence-corrected chi connectivity index (χ3v) is 4.45. The fraction of sp³-hybridized carbons (Fsp3) is 0.222. The van der Waals surface area contributed by atoms with Crippen molar-refractivity contribution < 1.29 is 14.3 Å². The van der Waals surface area contributed by atoms with Crippen LogP contribution in [0.25, 0.3) is 0 Å². The van der Waals surface area contributed by atoms with Gasteiger partial charge >= 0.3 is 6.03 Å². The lowest BCUT2D eigenvalue weighted by Gasteiger charge is -2.22. The topological polar surface area (TPSA) is 58.6 Å². The maximum Gasteiger partial charge on any atom is 0.325 e. The fourth-order valence-corrected chi connectivity index (χ4v) is 2.86. The van der Waals surface area contributed by atoms with Crippen LogP contribution >= 0.6 is 11.6 Å². The summed E-state index contributed by atoms with van der Waals surface area (Å²) < 4.78 is 5.13. The lowest BCUT2D eigenvalue weighted by molar-refractivity contribution is -0.131. The molecule has 1 N–H and O–H groups in total. The third-order valence-electron chi connectivity index (χ3n) is 4.20. The Morgan fingerprint density at radius 3 is 2.29 bits per heavy atom. The molecule has 1 fully saturated rings. The molecule has 6 heteroatoms. The van der Waals surface area contributed by atoms with Crippen LogP contribution in [0.1, 0.15) is 18.1 Å². The van der Waals surface area contributed by atoms with Crippen LogP contribution in [0.2, 0.25) is 5.02 Å². The van der Waals surface area contributed by atoms with Crippen LogP contribution < -0.4 is 10.1 Å². The molecule has 1 aliphatic heterocycles. The van der Waals surface area contributed by atoms with Crippen molar-refractivity contribution in [1.82, 2.24) is 10.2 Å². The first kappa shape index (κ1) is 16.3. The molecule has 0 spiro atoms. The van der Waals surface area contributed by atoms with Crippen molar-refractivity contribution in [3.63, 3.8) is 0 Å². The fourth-order valence-electron chi connectivity index (χ4n) is 2.73. The van der Waals surface area contributed by atoms with Crippen molar-refractivity contribution in [3.8, 4) is 5.75 Å². The first-order chi connectivity index (χ1) is 11.4. The average Bonchev–Trinajstić information content (AvgIpc) is 2.81. The number of hydrogen-bond acceptors (Lipinski definition) is 3. The Balaban J connectivity index is 1.85. The molecule has 2 aromatic rings. The van der Waals surface area contributed by atoms with Gasteiger partial charge in [-0.3, -0.25) is 9.69 Å². The van der Waals surface area contributed by atoms with E-state index in [1.807, 2.05) is 0 Å². The molecule has 1 saturated heterocycles. The van der Waals surface area contributed by atoms with E-state index in [1.54, 1.807) is 62.6 Å². The third kappa shape index (κ3) is 2.83. The minimum atomic E-state index is -1.09. The summed E-state index contributed by atoms with van der Waals surface area (Å²) >= 11 is 5.87. The Morgan fingerprint density at radius 1 is 1.08 bits per heavy atom. The second-order valence-electron chi connectivity index (χ2n) is 5.80. The lowest BCUT2D eigenvalue weighted by atomic mass is 9.92. The van der Waals surface area contributed by atoms with Gasteiger partial charge in [0.2, 0.25) is 0 Å². The van der Waals surface area contributed by atoms with Crippen LogP contribution in [-0.2, 0) is 16.9 Å². The predicted octanol–water partition coefficient (Wildman–Crippen LogP) is 3.32. The van der Waals surface area contributed by atoms with E-state index in [4.69, 9.17) is 16.3 Å². The number of amides is 3. The number of halogens is 1. The van der Waals surface area contributed by atoms with Gasteiger partial charge < -0.3 is 10.1 Å². The zero-order valence-electron chi connectivity index (χ0n) is 13.4. The summed E-state index contributed by atoms with van der Waals surface area (Å²) in [6, 6.07) is 13.7. The van der Waals surface area contributed by atoms with Crippen molar-refractivity contribution in [2.45, 2.75) is 19.0 Å². The molecule has 5 nitrogen and oxygen atoms in total. The molecule has 0 radical (unpaired) electrons. The van der Waals surface area contributed by atoms with E-state index in [-0.39, 0.29) is 12.5 Å². The number of carbonyl (C=O) groups is 2. The van der Waals surface area contributed by atoms with Gasteiger partial charge in [-0.2, -0.15) is 0 Å². The molecule has 0 aromatic heterocycles. The maximum atomic E-state index is 12.8. The molecule has 0 bridgehead atoms. The summed E-state index contributed by atoms with van der Waals surface area (Å²) in [4.78, 5) is 26.4. The standard InChI is InChI=1S/C18H17ClN2O3/c1-18(13-5-9-15(24-2)10-6-13)16(22)21(17(23)20-18)11-12-3-7-14(19)8-4-12/h3-10H,11H2,1-2H3,(H,20,23). The van der Waals surface area contributed by atoms with Gasteiger partial charge in [-0.15, -0.1) is 0 Å². The Kier molecular flexibility index (Phi) is 4.20. The zero-order valence-corrected chi connectivity index (χ0v) is 14.1. The number of hydrogen-bond donors (Lipinski definition) is 1. The highest BCUT2D eigenvalue weighted by Crippen LogP contribution is 2.31. The summed E-state index contributed by atoms with van der Waals surface area (Å²) in [5.74, 6) is 0.407. The number of benzene rings is 2. The Labute approximate surface area is 145 Å². The van der Waals surface area contributed by atoms with Crippen molar-refractivity contribution >= 4 is 23.5 Å². The molecule has 24 heavy (non-hydrogen) atoms. The number of rotatable bonds is 4. The molecule has 2 aromatic carbocycles.